The summed E-state index contributed by atoms with van der Waals surface area (Å²) in [5, 5.41) is 3.17. The maximum atomic E-state index is 11.8. The van der Waals surface area contributed by atoms with Crippen LogP contribution in [0.3, 0.4) is 0 Å². The summed E-state index contributed by atoms with van der Waals surface area (Å²) in [4.78, 5) is 19.9. The van der Waals surface area contributed by atoms with Gasteiger partial charge in [-0.15, -0.1) is 0 Å². The van der Waals surface area contributed by atoms with Crippen LogP contribution < -0.4 is 10.2 Å². The normalized spacial score (nSPS) is 10.6. The Bertz CT molecular complexity index is 409. The van der Waals surface area contributed by atoms with Gasteiger partial charge in [-0.05, 0) is 13.8 Å². The van der Waals surface area contributed by atoms with Crippen molar-refractivity contribution in [1.82, 2.24) is 19.8 Å². The van der Waals surface area contributed by atoms with Crippen molar-refractivity contribution in [2.75, 3.05) is 38.6 Å². The Kier molecular flexibility index (Phi) is 5.82. The van der Waals surface area contributed by atoms with E-state index in [-0.39, 0.29) is 5.91 Å². The molecule has 0 spiro atoms. The first kappa shape index (κ1) is 15.5. The summed E-state index contributed by atoms with van der Waals surface area (Å²) in [6, 6.07) is 0. The average Bonchev–Trinajstić information content (AvgIpc) is 2.73. The Morgan fingerprint density at radius 3 is 2.47 bits per heavy atom. The zero-order chi connectivity index (χ0) is 14.4. The molecule has 108 valence electrons. The first-order chi connectivity index (χ1) is 9.01. The van der Waals surface area contributed by atoms with E-state index in [1.807, 2.05) is 55.6 Å². The number of nitrogens with one attached hydrogen (secondary N) is 1. The molecule has 6 nitrogen and oxygen atoms in total. The lowest BCUT2D eigenvalue weighted by molar-refractivity contribution is -0.129. The minimum Gasteiger partial charge on any atom is -0.348 e. The Morgan fingerprint density at radius 1 is 1.37 bits per heavy atom. The summed E-state index contributed by atoms with van der Waals surface area (Å²) in [6.07, 6.45) is 1.84. The number of likely N-dealkylation sites (N-methyl/N-ethyl adjacent to an activating group) is 1. The van der Waals surface area contributed by atoms with E-state index in [0.29, 0.717) is 13.1 Å². The molecule has 0 fully saturated rings. The second kappa shape index (κ2) is 7.13. The van der Waals surface area contributed by atoms with Gasteiger partial charge < -0.3 is 19.7 Å². The average molecular weight is 267 g/mol. The van der Waals surface area contributed by atoms with E-state index in [1.54, 1.807) is 0 Å². The van der Waals surface area contributed by atoms with Gasteiger partial charge in [0.15, 0.2) is 0 Å². The topological polar surface area (TPSA) is 53.4 Å². The van der Waals surface area contributed by atoms with Crippen molar-refractivity contribution in [2.24, 2.45) is 7.05 Å². The van der Waals surface area contributed by atoms with Crippen molar-refractivity contribution in [3.8, 4) is 0 Å². The van der Waals surface area contributed by atoms with Crippen molar-refractivity contribution in [1.29, 1.82) is 0 Å². The summed E-state index contributed by atoms with van der Waals surface area (Å²) in [6.45, 7) is 6.51. The number of nitrogens with zero attached hydrogens (tertiary/aromatic N) is 4. The van der Waals surface area contributed by atoms with Gasteiger partial charge in [-0.25, -0.2) is 4.98 Å². The number of hydrogen-bond acceptors (Lipinski definition) is 4. The highest BCUT2D eigenvalue weighted by atomic mass is 16.2. The van der Waals surface area contributed by atoms with Crippen LogP contribution in [-0.4, -0.2) is 54.1 Å². The highest BCUT2D eigenvalue weighted by Gasteiger charge is 2.10. The fraction of sp³-hybridized carbons (Fsp3) is 0.692. The number of amides is 1. The van der Waals surface area contributed by atoms with Gasteiger partial charge in [-0.3, -0.25) is 4.79 Å². The van der Waals surface area contributed by atoms with Gasteiger partial charge in [-0.1, -0.05) is 0 Å². The third kappa shape index (κ3) is 3.96. The molecule has 1 aromatic heterocycles. The van der Waals surface area contributed by atoms with Crippen LogP contribution in [0.1, 0.15) is 19.5 Å². The maximum Gasteiger partial charge on any atom is 0.236 e. The fourth-order valence-corrected chi connectivity index (χ4v) is 2.00. The first-order valence-corrected chi connectivity index (χ1v) is 6.67. The molecule has 1 aromatic rings. The predicted octanol–water partition coefficient (Wildman–Crippen LogP) is 0.444. The minimum absolute atomic E-state index is 0.139. The van der Waals surface area contributed by atoms with Gasteiger partial charge >= 0.3 is 0 Å². The molecule has 0 aliphatic rings. The highest BCUT2D eigenvalue weighted by molar-refractivity contribution is 5.78. The molecule has 0 saturated heterocycles. The van der Waals surface area contributed by atoms with Gasteiger partial charge in [0.25, 0.3) is 0 Å². The molecule has 0 radical (unpaired) electrons. The van der Waals surface area contributed by atoms with Crippen LogP contribution in [0.15, 0.2) is 6.20 Å². The number of imidazole rings is 1. The monoisotopic (exact) mass is 267 g/mol. The Labute approximate surface area is 115 Å². The Balaban J connectivity index is 2.48. The number of carbonyl (C=O) groups is 1. The number of rotatable bonds is 7. The van der Waals surface area contributed by atoms with Crippen molar-refractivity contribution in [3.63, 3.8) is 0 Å². The van der Waals surface area contributed by atoms with Gasteiger partial charge in [0.1, 0.15) is 0 Å². The molecule has 0 unspecified atom stereocenters. The lowest BCUT2D eigenvalue weighted by Crippen LogP contribution is -2.37. The van der Waals surface area contributed by atoms with Crippen LogP contribution >= 0.6 is 0 Å². The zero-order valence-corrected chi connectivity index (χ0v) is 12.6. The Morgan fingerprint density at radius 2 is 2.00 bits per heavy atom. The van der Waals surface area contributed by atoms with Crippen molar-refractivity contribution in [3.05, 3.63) is 11.9 Å². The van der Waals surface area contributed by atoms with Gasteiger partial charge in [0, 0.05) is 40.8 Å². The molecular weight excluding hydrogens is 242 g/mol. The summed E-state index contributed by atoms with van der Waals surface area (Å²) in [5.74, 6) is 1.05. The highest BCUT2D eigenvalue weighted by Crippen LogP contribution is 2.10. The van der Waals surface area contributed by atoms with E-state index in [1.165, 1.54) is 0 Å². The smallest absolute Gasteiger partial charge is 0.236 e. The number of aromatic nitrogens is 2. The zero-order valence-electron chi connectivity index (χ0n) is 12.6. The van der Waals surface area contributed by atoms with E-state index >= 15 is 0 Å². The van der Waals surface area contributed by atoms with Crippen LogP contribution in [0.4, 0.5) is 5.95 Å². The standard InChI is InChI=1S/C13H25N5O/c1-6-18(7-2)12(19)10-14-8-11-9-15-13(16(3)4)17(11)5/h9,14H,6-8,10H2,1-5H3. The summed E-state index contributed by atoms with van der Waals surface area (Å²) >= 11 is 0. The third-order valence-corrected chi connectivity index (χ3v) is 3.16. The van der Waals surface area contributed by atoms with Gasteiger partial charge in [-0.2, -0.15) is 0 Å². The molecule has 1 heterocycles. The second-order valence-electron chi connectivity index (χ2n) is 4.67. The second-order valence-corrected chi connectivity index (χ2v) is 4.67. The summed E-state index contributed by atoms with van der Waals surface area (Å²) < 4.78 is 2.02. The van der Waals surface area contributed by atoms with Crippen molar-refractivity contribution < 1.29 is 4.79 Å². The van der Waals surface area contributed by atoms with Crippen LogP contribution in [0.5, 0.6) is 0 Å². The van der Waals surface area contributed by atoms with Crippen molar-refractivity contribution in [2.45, 2.75) is 20.4 Å². The van der Waals surface area contributed by atoms with E-state index in [2.05, 4.69) is 10.3 Å². The molecule has 6 heteroatoms. The third-order valence-electron chi connectivity index (χ3n) is 3.16. The van der Waals surface area contributed by atoms with E-state index < -0.39 is 0 Å². The molecular formula is C13H25N5O. The molecule has 0 aliphatic carbocycles. The Hall–Kier alpha value is -1.56. The molecule has 19 heavy (non-hydrogen) atoms. The lowest BCUT2D eigenvalue weighted by atomic mass is 10.4. The molecule has 1 rings (SSSR count). The van der Waals surface area contributed by atoms with E-state index in [4.69, 9.17) is 0 Å². The molecule has 1 amide bonds. The molecule has 0 aromatic carbocycles. The van der Waals surface area contributed by atoms with Gasteiger partial charge in [0.2, 0.25) is 11.9 Å². The van der Waals surface area contributed by atoms with Crippen LogP contribution in [0.2, 0.25) is 0 Å². The molecule has 0 atom stereocenters. The SMILES string of the molecule is CCN(CC)C(=O)CNCc1cnc(N(C)C)n1C. The lowest BCUT2D eigenvalue weighted by Gasteiger charge is -2.19. The summed E-state index contributed by atoms with van der Waals surface area (Å²) in [7, 11) is 5.90. The van der Waals surface area contributed by atoms with Crippen molar-refractivity contribution >= 4 is 11.9 Å². The molecule has 0 saturated carbocycles. The first-order valence-electron chi connectivity index (χ1n) is 6.67. The number of hydrogen-bond donors (Lipinski definition) is 1. The fourth-order valence-electron chi connectivity index (χ4n) is 2.00. The minimum atomic E-state index is 0.139. The van der Waals surface area contributed by atoms with E-state index in [0.717, 1.165) is 24.7 Å². The molecule has 1 N–H and O–H groups in total. The quantitative estimate of drug-likeness (QED) is 0.779. The number of carbonyl (C=O) groups excluding carboxylic acids is 1. The molecule has 0 bridgehead atoms. The summed E-state index contributed by atoms with van der Waals surface area (Å²) in [5.41, 5.74) is 1.07. The van der Waals surface area contributed by atoms with Gasteiger partial charge in [0.05, 0.1) is 18.4 Å². The number of anilines is 1. The largest absolute Gasteiger partial charge is 0.348 e. The van der Waals surface area contributed by atoms with Crippen LogP contribution in [0.25, 0.3) is 0 Å². The predicted molar refractivity (Wildman–Crippen MR) is 77.2 cm³/mol. The van der Waals surface area contributed by atoms with Crippen LogP contribution in [-0.2, 0) is 18.4 Å². The van der Waals surface area contributed by atoms with Crippen LogP contribution in [0, 0.1) is 0 Å². The van der Waals surface area contributed by atoms with E-state index in [9.17, 15) is 4.79 Å². The molecule has 0 aliphatic heterocycles. The maximum absolute atomic E-state index is 11.8.